The van der Waals surface area contributed by atoms with Gasteiger partial charge in [-0.25, -0.2) is 4.39 Å². The fourth-order valence-corrected chi connectivity index (χ4v) is 3.10. The minimum Gasteiger partial charge on any atom is -0.404 e. The van der Waals surface area contributed by atoms with E-state index in [2.05, 4.69) is 27.3 Å². The molecule has 0 radical (unpaired) electrons. The van der Waals surface area contributed by atoms with Crippen LogP contribution in [0.15, 0.2) is 70.3 Å². The zero-order valence-corrected chi connectivity index (χ0v) is 14.1. The molecule has 2 heterocycles. The Morgan fingerprint density at radius 3 is 2.74 bits per heavy atom. The lowest BCUT2D eigenvalue weighted by Gasteiger charge is -2.29. The monoisotopic (exact) mass is 374 g/mol. The molecule has 23 heavy (non-hydrogen) atoms. The Balaban J connectivity index is 1.96. The van der Waals surface area contributed by atoms with Gasteiger partial charge >= 0.3 is 0 Å². The molecule has 0 fully saturated rings. The van der Waals surface area contributed by atoms with Crippen LogP contribution in [0.1, 0.15) is 12.5 Å². The van der Waals surface area contributed by atoms with Gasteiger partial charge in [-0.15, -0.1) is 0 Å². The molecule has 6 heteroatoms. The van der Waals surface area contributed by atoms with E-state index in [9.17, 15) is 4.39 Å². The summed E-state index contributed by atoms with van der Waals surface area (Å²) in [5.74, 6) is -0.326. The minimum atomic E-state index is -0.326. The van der Waals surface area contributed by atoms with Crippen LogP contribution in [0.2, 0.25) is 0 Å². The van der Waals surface area contributed by atoms with E-state index < -0.39 is 0 Å². The van der Waals surface area contributed by atoms with Gasteiger partial charge < -0.3 is 16.0 Å². The van der Waals surface area contributed by atoms with Crippen molar-refractivity contribution in [2.45, 2.75) is 13.1 Å². The summed E-state index contributed by atoms with van der Waals surface area (Å²) in [6, 6.07) is 5.85. The second-order valence-corrected chi connectivity index (χ2v) is 6.15. The van der Waals surface area contributed by atoms with Crippen LogP contribution in [0.3, 0.4) is 0 Å². The molecule has 1 aromatic rings. The van der Waals surface area contributed by atoms with Gasteiger partial charge in [-0.3, -0.25) is 5.41 Å². The molecular weight excluding hydrogens is 359 g/mol. The number of nitrogens with zero attached hydrogens (tertiary/aromatic N) is 1. The first-order valence-corrected chi connectivity index (χ1v) is 7.88. The van der Waals surface area contributed by atoms with Gasteiger partial charge in [0.25, 0.3) is 0 Å². The van der Waals surface area contributed by atoms with Crippen molar-refractivity contribution in [2.75, 3.05) is 0 Å². The number of fused-ring (bicyclic) bond motifs is 1. The Morgan fingerprint density at radius 1 is 1.39 bits per heavy atom. The van der Waals surface area contributed by atoms with Crippen LogP contribution < -0.4 is 11.1 Å². The van der Waals surface area contributed by atoms with Crippen LogP contribution in [0.25, 0.3) is 0 Å². The quantitative estimate of drug-likeness (QED) is 0.561. The second kappa shape index (κ2) is 6.04. The highest BCUT2D eigenvalue weighted by Gasteiger charge is 2.27. The zero-order chi connectivity index (χ0) is 16.6. The number of allylic oxidation sites excluding steroid dienone is 3. The molecule has 3 rings (SSSR count). The summed E-state index contributed by atoms with van der Waals surface area (Å²) in [4.78, 5) is 2.02. The van der Waals surface area contributed by atoms with Gasteiger partial charge in [-0.1, -0.05) is 0 Å². The lowest BCUT2D eigenvalue weighted by molar-refractivity contribution is 0.415. The molecule has 118 valence electrons. The Bertz CT molecular complexity index is 774. The second-order valence-electron chi connectivity index (χ2n) is 5.34. The van der Waals surface area contributed by atoms with E-state index in [1.54, 1.807) is 12.1 Å². The molecule has 0 spiro atoms. The third-order valence-electron chi connectivity index (χ3n) is 3.88. The highest BCUT2D eigenvalue weighted by molar-refractivity contribution is 9.11. The van der Waals surface area contributed by atoms with E-state index in [0.717, 1.165) is 15.8 Å². The number of nitrogens with one attached hydrogen (secondary N) is 2. The van der Waals surface area contributed by atoms with Crippen molar-refractivity contribution >= 4 is 21.6 Å². The molecule has 2 aliphatic heterocycles. The summed E-state index contributed by atoms with van der Waals surface area (Å²) in [5.41, 5.74) is 9.18. The smallest absolute Gasteiger partial charge is 0.123 e. The van der Waals surface area contributed by atoms with Gasteiger partial charge in [0.15, 0.2) is 0 Å². The Morgan fingerprint density at radius 2 is 2.09 bits per heavy atom. The van der Waals surface area contributed by atoms with E-state index >= 15 is 0 Å². The van der Waals surface area contributed by atoms with Crippen molar-refractivity contribution in [3.8, 4) is 0 Å². The molecule has 1 aromatic carbocycles. The summed E-state index contributed by atoms with van der Waals surface area (Å²) >= 11 is 3.49. The normalized spacial score (nSPS) is 20.3. The van der Waals surface area contributed by atoms with Crippen LogP contribution in [0.4, 0.5) is 4.39 Å². The predicted molar refractivity (Wildman–Crippen MR) is 93.1 cm³/mol. The molecular formula is C17H16BrFN4. The van der Waals surface area contributed by atoms with E-state index in [0.29, 0.717) is 11.1 Å². The van der Waals surface area contributed by atoms with Gasteiger partial charge in [0.1, 0.15) is 16.6 Å². The van der Waals surface area contributed by atoms with Crippen molar-refractivity contribution < 1.29 is 4.39 Å². The highest BCUT2D eigenvalue weighted by atomic mass is 79.9. The van der Waals surface area contributed by atoms with Crippen molar-refractivity contribution in [1.82, 2.24) is 10.2 Å². The first kappa shape index (κ1) is 15.6. The Kier molecular flexibility index (Phi) is 4.09. The maximum atomic E-state index is 13.1. The maximum absolute atomic E-state index is 13.1. The van der Waals surface area contributed by atoms with E-state index in [1.807, 2.05) is 24.2 Å². The summed E-state index contributed by atoms with van der Waals surface area (Å²) in [7, 11) is 0. The molecule has 0 amide bonds. The molecule has 4 nitrogen and oxygen atoms in total. The molecule has 0 saturated carbocycles. The minimum absolute atomic E-state index is 0.0622. The summed E-state index contributed by atoms with van der Waals surface area (Å²) in [6.45, 7) is 1.98. The largest absolute Gasteiger partial charge is 0.404 e. The molecule has 0 aliphatic carbocycles. The van der Waals surface area contributed by atoms with Gasteiger partial charge in [0, 0.05) is 35.3 Å². The highest BCUT2D eigenvalue weighted by Crippen LogP contribution is 2.32. The van der Waals surface area contributed by atoms with E-state index in [-0.39, 0.29) is 17.7 Å². The van der Waals surface area contributed by atoms with Crippen LogP contribution >= 0.6 is 15.9 Å². The third kappa shape index (κ3) is 2.82. The fourth-order valence-electron chi connectivity index (χ4n) is 2.64. The Hall–Kier alpha value is -2.34. The third-order valence-corrected chi connectivity index (χ3v) is 4.52. The number of halogens is 2. The molecule has 0 aromatic heterocycles. The summed E-state index contributed by atoms with van der Waals surface area (Å²) in [6.07, 6.45) is 7.40. The maximum Gasteiger partial charge on any atom is 0.123 e. The van der Waals surface area contributed by atoms with Crippen LogP contribution in [0.5, 0.6) is 0 Å². The standard InChI is InChI=1S/C17H16BrFN4/c1-10-6-16-22-8-15(18)23(16)9-14(10)13(7-20)17(21)11-2-4-12(19)5-3-11/h2-9,16,21-22H,20H2,1H3/b13-7-,21-17?. The molecule has 0 saturated heterocycles. The van der Waals surface area contributed by atoms with Crippen molar-refractivity contribution in [1.29, 1.82) is 5.41 Å². The number of benzene rings is 1. The van der Waals surface area contributed by atoms with Crippen LogP contribution in [-0.4, -0.2) is 16.8 Å². The lowest BCUT2D eigenvalue weighted by Crippen LogP contribution is -2.34. The molecule has 4 N–H and O–H groups in total. The number of hydrogen-bond acceptors (Lipinski definition) is 4. The molecule has 0 bridgehead atoms. The first-order chi connectivity index (χ1) is 11.0. The number of rotatable bonds is 3. The van der Waals surface area contributed by atoms with Crippen LogP contribution in [-0.2, 0) is 0 Å². The summed E-state index contributed by atoms with van der Waals surface area (Å²) in [5, 5.41) is 11.7. The lowest BCUT2D eigenvalue weighted by atomic mass is 9.91. The van der Waals surface area contributed by atoms with Crippen molar-refractivity contribution in [3.05, 3.63) is 81.6 Å². The SMILES string of the molecule is CC1=CC2NC=C(Br)N2C=C1/C(=C/N)C(=N)c1ccc(F)cc1. The Labute approximate surface area is 142 Å². The zero-order valence-electron chi connectivity index (χ0n) is 12.5. The molecule has 1 unspecified atom stereocenters. The van der Waals surface area contributed by atoms with Crippen LogP contribution in [0, 0.1) is 11.2 Å². The number of nitrogens with two attached hydrogens (primary N) is 1. The average Bonchev–Trinajstić information content (AvgIpc) is 2.89. The molecule has 1 atom stereocenters. The van der Waals surface area contributed by atoms with Gasteiger partial charge in [-0.05, 0) is 58.8 Å². The fraction of sp³-hybridized carbons (Fsp3) is 0.118. The predicted octanol–water partition coefficient (Wildman–Crippen LogP) is 3.31. The van der Waals surface area contributed by atoms with E-state index in [1.165, 1.54) is 18.3 Å². The van der Waals surface area contributed by atoms with Gasteiger partial charge in [-0.2, -0.15) is 0 Å². The summed E-state index contributed by atoms with van der Waals surface area (Å²) < 4.78 is 14.0. The van der Waals surface area contributed by atoms with Crippen molar-refractivity contribution in [3.63, 3.8) is 0 Å². The van der Waals surface area contributed by atoms with Crippen molar-refractivity contribution in [2.24, 2.45) is 5.73 Å². The molecule has 2 aliphatic rings. The number of hydrogen-bond donors (Lipinski definition) is 3. The first-order valence-electron chi connectivity index (χ1n) is 7.09. The topological polar surface area (TPSA) is 65.1 Å². The van der Waals surface area contributed by atoms with Gasteiger partial charge in [0.2, 0.25) is 0 Å². The van der Waals surface area contributed by atoms with E-state index in [4.69, 9.17) is 11.1 Å². The average molecular weight is 375 g/mol. The van der Waals surface area contributed by atoms with Gasteiger partial charge in [0.05, 0.1) is 5.71 Å².